The fourth-order valence-electron chi connectivity index (χ4n) is 5.26. The lowest BCUT2D eigenvalue weighted by Gasteiger charge is -2.35. The van der Waals surface area contributed by atoms with Gasteiger partial charge in [0.2, 0.25) is 5.95 Å². The van der Waals surface area contributed by atoms with E-state index in [2.05, 4.69) is 15.3 Å². The zero-order valence-electron chi connectivity index (χ0n) is 21.1. The van der Waals surface area contributed by atoms with Gasteiger partial charge >= 0.3 is 0 Å². The van der Waals surface area contributed by atoms with Crippen LogP contribution in [0.25, 0.3) is 22.0 Å². The van der Waals surface area contributed by atoms with Crippen LogP contribution >= 0.6 is 0 Å². The molecule has 36 heavy (non-hydrogen) atoms. The Kier molecular flexibility index (Phi) is 7.02. The van der Waals surface area contributed by atoms with Gasteiger partial charge in [-0.15, -0.1) is 0 Å². The molecule has 3 aromatic rings. The molecule has 1 amide bonds. The second kappa shape index (κ2) is 10.4. The Morgan fingerprint density at radius 2 is 1.75 bits per heavy atom. The third kappa shape index (κ3) is 5.12. The van der Waals surface area contributed by atoms with E-state index < -0.39 is 0 Å². The minimum absolute atomic E-state index is 0.0147. The van der Waals surface area contributed by atoms with Crippen LogP contribution in [0.5, 0.6) is 0 Å². The number of ether oxygens (including phenoxy) is 2. The van der Waals surface area contributed by atoms with Gasteiger partial charge < -0.3 is 25.4 Å². The van der Waals surface area contributed by atoms with E-state index in [4.69, 9.17) is 20.2 Å². The van der Waals surface area contributed by atoms with Crippen LogP contribution in [0.3, 0.4) is 0 Å². The lowest BCUT2D eigenvalue weighted by atomic mass is 9.93. The number of nitrogen functional groups attached to an aromatic ring is 1. The van der Waals surface area contributed by atoms with Gasteiger partial charge in [0.15, 0.2) is 0 Å². The summed E-state index contributed by atoms with van der Waals surface area (Å²) in [5.41, 5.74) is 9.30. The first-order valence-corrected chi connectivity index (χ1v) is 12.7. The number of nitrogens with two attached hydrogens (primary N) is 1. The molecule has 0 spiro atoms. The Morgan fingerprint density at radius 1 is 1.06 bits per heavy atom. The fraction of sp³-hybridized carbons (Fsp3) is 0.481. The van der Waals surface area contributed by atoms with Crippen molar-refractivity contribution in [1.29, 1.82) is 0 Å². The van der Waals surface area contributed by atoms with Crippen molar-refractivity contribution in [2.75, 3.05) is 31.2 Å². The second-order valence-electron chi connectivity index (χ2n) is 9.91. The Balaban J connectivity index is 1.38. The number of carbonyl (C=O) groups excluding carboxylic acids is 1. The number of rotatable bonds is 5. The molecule has 1 saturated carbocycles. The number of hydrogen-bond donors (Lipinski definition) is 2. The van der Waals surface area contributed by atoms with E-state index >= 15 is 0 Å². The number of aromatic nitrogens is 3. The number of morpholine rings is 1. The predicted octanol–water partition coefficient (Wildman–Crippen LogP) is 3.89. The topological polar surface area (TPSA) is 115 Å². The monoisotopic (exact) mass is 490 g/mol. The molecule has 190 valence electrons. The summed E-state index contributed by atoms with van der Waals surface area (Å²) in [4.78, 5) is 28.6. The molecular weight excluding hydrogens is 456 g/mol. The van der Waals surface area contributed by atoms with Crippen LogP contribution in [0.2, 0.25) is 0 Å². The van der Waals surface area contributed by atoms with Crippen LogP contribution in [0.15, 0.2) is 36.7 Å². The molecule has 0 bridgehead atoms. The van der Waals surface area contributed by atoms with Gasteiger partial charge in [-0.05, 0) is 57.2 Å². The van der Waals surface area contributed by atoms with Crippen molar-refractivity contribution in [2.24, 2.45) is 0 Å². The summed E-state index contributed by atoms with van der Waals surface area (Å²) in [6.07, 6.45) is 7.94. The van der Waals surface area contributed by atoms with Crippen LogP contribution in [-0.4, -0.2) is 70.3 Å². The zero-order valence-corrected chi connectivity index (χ0v) is 21.1. The predicted molar refractivity (Wildman–Crippen MR) is 140 cm³/mol. The molecule has 5 rings (SSSR count). The maximum atomic E-state index is 13.1. The first kappa shape index (κ1) is 24.4. The van der Waals surface area contributed by atoms with E-state index in [1.165, 1.54) is 0 Å². The molecule has 2 aliphatic rings. The van der Waals surface area contributed by atoms with Gasteiger partial charge in [0.05, 0.1) is 29.2 Å². The number of pyridine rings is 1. The maximum Gasteiger partial charge on any atom is 0.254 e. The standard InChI is InChI=1S/C27H34N6O3/c1-16-14-33(15-17(2)36-16)26(34)19-6-4-18(5-7-19)22-12-29-25(28)23-13-30-27(32-24(22)23)31-20-8-10-21(35-3)11-9-20/h4-7,12-13,16-17,20-21H,8-11,14-15H2,1-3H3,(H2,28,29)(H,30,31,32)/t16-,17+,20-,21-. The van der Waals surface area contributed by atoms with E-state index in [1.54, 1.807) is 19.5 Å². The van der Waals surface area contributed by atoms with Crippen molar-refractivity contribution >= 4 is 28.6 Å². The lowest BCUT2D eigenvalue weighted by Crippen LogP contribution is -2.48. The maximum absolute atomic E-state index is 13.1. The smallest absolute Gasteiger partial charge is 0.254 e. The molecule has 1 saturated heterocycles. The summed E-state index contributed by atoms with van der Waals surface area (Å²) in [5.74, 6) is 0.988. The van der Waals surface area contributed by atoms with Crippen molar-refractivity contribution in [3.63, 3.8) is 0 Å². The van der Waals surface area contributed by atoms with Crippen LogP contribution in [-0.2, 0) is 9.47 Å². The minimum Gasteiger partial charge on any atom is -0.383 e. The van der Waals surface area contributed by atoms with Crippen LogP contribution in [0.4, 0.5) is 11.8 Å². The highest BCUT2D eigenvalue weighted by molar-refractivity contribution is 5.99. The number of nitrogens with one attached hydrogen (secondary N) is 1. The summed E-state index contributed by atoms with van der Waals surface area (Å²) in [6, 6.07) is 7.91. The highest BCUT2D eigenvalue weighted by atomic mass is 16.5. The van der Waals surface area contributed by atoms with Gasteiger partial charge in [-0.2, -0.15) is 0 Å². The SMILES string of the molecule is CO[C@H]1CC[C@H](Nc2ncc3c(N)ncc(-c4ccc(C(=O)N5C[C@@H](C)O[C@@H](C)C5)cc4)c3n2)CC1. The number of methoxy groups -OCH3 is 1. The molecule has 3 heterocycles. The van der Waals surface area contributed by atoms with E-state index in [9.17, 15) is 4.79 Å². The van der Waals surface area contributed by atoms with Crippen LogP contribution in [0, 0.1) is 0 Å². The molecule has 1 aliphatic heterocycles. The first-order chi connectivity index (χ1) is 17.4. The van der Waals surface area contributed by atoms with Gasteiger partial charge in [-0.3, -0.25) is 4.79 Å². The van der Waals surface area contributed by atoms with Gasteiger partial charge in [-0.25, -0.2) is 15.0 Å². The average Bonchev–Trinajstić information content (AvgIpc) is 2.88. The molecule has 2 atom stereocenters. The lowest BCUT2D eigenvalue weighted by molar-refractivity contribution is -0.0586. The summed E-state index contributed by atoms with van der Waals surface area (Å²) >= 11 is 0. The highest BCUT2D eigenvalue weighted by Gasteiger charge is 2.27. The number of amides is 1. The molecule has 0 unspecified atom stereocenters. The number of hydrogen-bond acceptors (Lipinski definition) is 8. The van der Waals surface area contributed by atoms with Crippen molar-refractivity contribution in [3.05, 3.63) is 42.2 Å². The van der Waals surface area contributed by atoms with Gasteiger partial charge in [0.25, 0.3) is 5.91 Å². The third-order valence-electron chi connectivity index (χ3n) is 7.14. The molecule has 1 aromatic carbocycles. The normalized spacial score (nSPS) is 24.6. The van der Waals surface area contributed by atoms with E-state index in [0.717, 1.165) is 42.3 Å². The van der Waals surface area contributed by atoms with Crippen LogP contribution in [0.1, 0.15) is 49.9 Å². The van der Waals surface area contributed by atoms with Crippen molar-refractivity contribution in [2.45, 2.75) is 63.9 Å². The number of carbonyl (C=O) groups is 1. The molecule has 9 heteroatoms. The number of nitrogens with zero attached hydrogens (tertiary/aromatic N) is 4. The molecule has 1 aliphatic carbocycles. The molecule has 0 radical (unpaired) electrons. The number of benzene rings is 1. The number of fused-ring (bicyclic) bond motifs is 1. The summed E-state index contributed by atoms with van der Waals surface area (Å²) in [7, 11) is 1.77. The quantitative estimate of drug-likeness (QED) is 0.553. The van der Waals surface area contributed by atoms with Gasteiger partial charge in [0, 0.05) is 49.8 Å². The molecule has 3 N–H and O–H groups in total. The minimum atomic E-state index is 0.0147. The van der Waals surface area contributed by atoms with Crippen LogP contribution < -0.4 is 11.1 Å². The second-order valence-corrected chi connectivity index (χ2v) is 9.91. The van der Waals surface area contributed by atoms with E-state index in [-0.39, 0.29) is 18.1 Å². The Morgan fingerprint density at radius 3 is 2.42 bits per heavy atom. The molecule has 9 nitrogen and oxygen atoms in total. The average molecular weight is 491 g/mol. The zero-order chi connectivity index (χ0) is 25.2. The van der Waals surface area contributed by atoms with E-state index in [0.29, 0.717) is 48.0 Å². The summed E-state index contributed by atoms with van der Waals surface area (Å²) in [6.45, 7) is 5.18. The largest absolute Gasteiger partial charge is 0.383 e. The van der Waals surface area contributed by atoms with Gasteiger partial charge in [-0.1, -0.05) is 12.1 Å². The summed E-state index contributed by atoms with van der Waals surface area (Å²) < 4.78 is 11.2. The molecule has 2 aromatic heterocycles. The van der Waals surface area contributed by atoms with Crippen molar-refractivity contribution in [1.82, 2.24) is 19.9 Å². The Labute approximate surface area is 211 Å². The van der Waals surface area contributed by atoms with Gasteiger partial charge in [0.1, 0.15) is 5.82 Å². The van der Waals surface area contributed by atoms with E-state index in [1.807, 2.05) is 43.0 Å². The van der Waals surface area contributed by atoms with Crippen molar-refractivity contribution < 1.29 is 14.3 Å². The molecule has 2 fully saturated rings. The Bertz CT molecular complexity index is 1220. The first-order valence-electron chi connectivity index (χ1n) is 12.7. The molecular formula is C27H34N6O3. The fourth-order valence-corrected chi connectivity index (χ4v) is 5.26. The Hall–Kier alpha value is -3.30. The van der Waals surface area contributed by atoms with Crippen molar-refractivity contribution in [3.8, 4) is 11.1 Å². The highest BCUT2D eigenvalue weighted by Crippen LogP contribution is 2.31. The summed E-state index contributed by atoms with van der Waals surface area (Å²) in [5, 5.41) is 4.19. The number of anilines is 2. The third-order valence-corrected chi connectivity index (χ3v) is 7.14.